The van der Waals surface area contributed by atoms with Crippen molar-refractivity contribution < 1.29 is 9.90 Å². The second kappa shape index (κ2) is 5.60. The van der Waals surface area contributed by atoms with Crippen LogP contribution in [0.25, 0.3) is 0 Å². The molecule has 1 aliphatic rings. The van der Waals surface area contributed by atoms with Crippen molar-refractivity contribution in [2.75, 3.05) is 4.90 Å². The maximum absolute atomic E-state index is 11.9. The molecular formula is C19H29NO2. The Hall–Kier alpha value is -1.51. The summed E-state index contributed by atoms with van der Waals surface area (Å²) >= 11 is 0. The third-order valence-corrected chi connectivity index (χ3v) is 5.05. The zero-order valence-electron chi connectivity index (χ0n) is 14.9. The van der Waals surface area contributed by atoms with Gasteiger partial charge in [0.15, 0.2) is 0 Å². The number of aliphatic carboxylic acids is 1. The smallest absolute Gasteiger partial charge is 0.326 e. The summed E-state index contributed by atoms with van der Waals surface area (Å²) < 4.78 is 0. The molecule has 0 aromatic heterocycles. The molecular weight excluding hydrogens is 274 g/mol. The highest BCUT2D eigenvalue weighted by Gasteiger charge is 2.43. The average molecular weight is 303 g/mol. The van der Waals surface area contributed by atoms with Crippen molar-refractivity contribution in [2.24, 2.45) is 5.92 Å². The molecule has 3 heteroatoms. The molecule has 1 aromatic rings. The van der Waals surface area contributed by atoms with Crippen LogP contribution in [0.2, 0.25) is 0 Å². The van der Waals surface area contributed by atoms with Crippen molar-refractivity contribution in [3.63, 3.8) is 0 Å². The van der Waals surface area contributed by atoms with Crippen molar-refractivity contribution in [3.8, 4) is 0 Å². The zero-order chi connectivity index (χ0) is 16.8. The van der Waals surface area contributed by atoms with Gasteiger partial charge in [-0.25, -0.2) is 4.79 Å². The van der Waals surface area contributed by atoms with Crippen LogP contribution in [0, 0.1) is 19.8 Å². The predicted octanol–water partition coefficient (Wildman–Crippen LogP) is 4.50. The van der Waals surface area contributed by atoms with Crippen molar-refractivity contribution in [2.45, 2.75) is 72.4 Å². The van der Waals surface area contributed by atoms with Gasteiger partial charge >= 0.3 is 5.97 Å². The molecule has 22 heavy (non-hydrogen) atoms. The van der Waals surface area contributed by atoms with Crippen LogP contribution >= 0.6 is 0 Å². The molecule has 1 aliphatic heterocycles. The Bertz CT molecular complexity index is 589. The Labute approximate surface area is 134 Å². The van der Waals surface area contributed by atoms with Gasteiger partial charge < -0.3 is 10.0 Å². The van der Waals surface area contributed by atoms with E-state index in [0.29, 0.717) is 5.92 Å². The topological polar surface area (TPSA) is 40.5 Å². The molecule has 0 saturated heterocycles. The fourth-order valence-corrected chi connectivity index (χ4v) is 3.93. The van der Waals surface area contributed by atoms with Gasteiger partial charge in [0.1, 0.15) is 6.04 Å². The summed E-state index contributed by atoms with van der Waals surface area (Å²) in [4.78, 5) is 14.1. The molecule has 1 N–H and O–H groups in total. The van der Waals surface area contributed by atoms with Gasteiger partial charge in [0.2, 0.25) is 0 Å². The van der Waals surface area contributed by atoms with Crippen molar-refractivity contribution >= 4 is 11.7 Å². The van der Waals surface area contributed by atoms with E-state index in [1.54, 1.807) is 0 Å². The van der Waals surface area contributed by atoms with E-state index >= 15 is 0 Å². The second-order valence-corrected chi connectivity index (χ2v) is 7.81. The number of fused-ring (bicyclic) bond motifs is 1. The van der Waals surface area contributed by atoms with E-state index in [4.69, 9.17) is 0 Å². The van der Waals surface area contributed by atoms with E-state index in [1.165, 1.54) is 16.7 Å². The van der Waals surface area contributed by atoms with Crippen molar-refractivity contribution in [1.29, 1.82) is 0 Å². The molecule has 2 rings (SSSR count). The highest BCUT2D eigenvalue weighted by atomic mass is 16.4. The Morgan fingerprint density at radius 1 is 1.27 bits per heavy atom. The van der Waals surface area contributed by atoms with Crippen LogP contribution in [0.4, 0.5) is 5.69 Å². The molecule has 0 aliphatic carbocycles. The Morgan fingerprint density at radius 3 is 2.32 bits per heavy atom. The number of rotatable bonds is 3. The predicted molar refractivity (Wildman–Crippen MR) is 91.8 cm³/mol. The van der Waals surface area contributed by atoms with Gasteiger partial charge in [-0.15, -0.1) is 0 Å². The lowest BCUT2D eigenvalue weighted by atomic mass is 9.77. The molecule has 1 aromatic carbocycles. The van der Waals surface area contributed by atoms with Crippen LogP contribution in [0.1, 0.15) is 63.6 Å². The molecule has 0 fully saturated rings. The fourth-order valence-electron chi connectivity index (χ4n) is 3.93. The molecule has 2 atom stereocenters. The number of carbonyl (C=O) groups is 1. The van der Waals surface area contributed by atoms with E-state index < -0.39 is 12.0 Å². The molecule has 0 bridgehead atoms. The monoisotopic (exact) mass is 303 g/mol. The van der Waals surface area contributed by atoms with Crippen LogP contribution in [0.15, 0.2) is 12.1 Å². The lowest BCUT2D eigenvalue weighted by molar-refractivity contribution is -0.140. The molecule has 1 heterocycles. The van der Waals surface area contributed by atoms with Crippen LogP contribution in [0.5, 0.6) is 0 Å². The van der Waals surface area contributed by atoms with Gasteiger partial charge in [0.05, 0.1) is 0 Å². The third-order valence-electron chi connectivity index (χ3n) is 5.05. The largest absolute Gasteiger partial charge is 0.480 e. The number of carboxylic acids is 1. The molecule has 0 radical (unpaired) electrons. The number of aryl methyl sites for hydroxylation is 2. The van der Waals surface area contributed by atoms with E-state index in [-0.39, 0.29) is 11.5 Å². The third kappa shape index (κ3) is 2.73. The first-order valence-electron chi connectivity index (χ1n) is 8.19. The fraction of sp³-hybridized carbons (Fsp3) is 0.632. The number of benzene rings is 1. The van der Waals surface area contributed by atoms with Gasteiger partial charge in [0, 0.05) is 11.2 Å². The first-order valence-corrected chi connectivity index (χ1v) is 8.19. The second-order valence-electron chi connectivity index (χ2n) is 7.81. The van der Waals surface area contributed by atoms with Crippen LogP contribution in [0.3, 0.4) is 0 Å². The van der Waals surface area contributed by atoms with Crippen LogP contribution < -0.4 is 4.90 Å². The van der Waals surface area contributed by atoms with Gasteiger partial charge in [-0.05, 0) is 68.7 Å². The highest BCUT2D eigenvalue weighted by molar-refractivity contribution is 5.80. The van der Waals surface area contributed by atoms with E-state index in [0.717, 1.165) is 12.1 Å². The summed E-state index contributed by atoms with van der Waals surface area (Å²) in [7, 11) is 0. The van der Waals surface area contributed by atoms with E-state index in [2.05, 4.69) is 51.7 Å². The lowest BCUT2D eigenvalue weighted by Crippen LogP contribution is -2.58. The molecule has 0 amide bonds. The van der Waals surface area contributed by atoms with Crippen LogP contribution in [-0.4, -0.2) is 22.7 Å². The summed E-state index contributed by atoms with van der Waals surface area (Å²) in [5, 5.41) is 9.80. The molecule has 0 unspecified atom stereocenters. The normalized spacial score (nSPS) is 21.6. The quantitative estimate of drug-likeness (QED) is 0.893. The SMILES string of the molecule is Cc1cc2c(cc1C)N([C@H](C(=O)O)C(C)C)C(C)(C)C[C@H]2C. The maximum Gasteiger partial charge on any atom is 0.326 e. The zero-order valence-corrected chi connectivity index (χ0v) is 14.9. The number of nitrogens with zero attached hydrogens (tertiary/aromatic N) is 1. The molecule has 0 saturated carbocycles. The molecule has 3 nitrogen and oxygen atoms in total. The highest BCUT2D eigenvalue weighted by Crippen LogP contribution is 2.46. The van der Waals surface area contributed by atoms with E-state index in [1.807, 2.05) is 13.8 Å². The minimum atomic E-state index is -0.734. The maximum atomic E-state index is 11.9. The van der Waals surface area contributed by atoms with Crippen molar-refractivity contribution in [3.05, 3.63) is 28.8 Å². The lowest BCUT2D eigenvalue weighted by Gasteiger charge is -2.51. The van der Waals surface area contributed by atoms with Gasteiger partial charge in [-0.3, -0.25) is 0 Å². The standard InChI is InChI=1S/C19H29NO2/c1-11(2)17(18(21)22)20-16-9-13(4)12(3)8-15(16)14(5)10-19(20,6)7/h8-9,11,14,17H,10H2,1-7H3,(H,21,22)/t14-,17+/m1/s1. The first-order chi connectivity index (χ1) is 10.1. The number of anilines is 1. The summed E-state index contributed by atoms with van der Waals surface area (Å²) in [5.74, 6) is -0.233. The number of hydrogen-bond donors (Lipinski definition) is 1. The summed E-state index contributed by atoms with van der Waals surface area (Å²) in [6, 6.07) is 3.93. The summed E-state index contributed by atoms with van der Waals surface area (Å²) in [6.07, 6.45) is 0.971. The van der Waals surface area contributed by atoms with Gasteiger partial charge in [-0.1, -0.05) is 26.8 Å². The van der Waals surface area contributed by atoms with Crippen molar-refractivity contribution in [1.82, 2.24) is 0 Å². The molecule has 122 valence electrons. The van der Waals surface area contributed by atoms with Crippen LogP contribution in [-0.2, 0) is 4.79 Å². The number of carboxylic acid groups (broad SMARTS) is 1. The van der Waals surface area contributed by atoms with Gasteiger partial charge in [0.25, 0.3) is 0 Å². The Morgan fingerprint density at radius 2 is 1.82 bits per heavy atom. The first kappa shape index (κ1) is 16.9. The average Bonchev–Trinajstić information content (AvgIpc) is 2.35. The Balaban J connectivity index is 2.69. The summed E-state index contributed by atoms with van der Waals surface area (Å²) in [6.45, 7) is 14.8. The minimum absolute atomic E-state index is 0.0552. The molecule has 0 spiro atoms. The summed E-state index contributed by atoms with van der Waals surface area (Å²) in [5.41, 5.74) is 4.73. The van der Waals surface area contributed by atoms with E-state index in [9.17, 15) is 9.90 Å². The van der Waals surface area contributed by atoms with Gasteiger partial charge in [-0.2, -0.15) is 0 Å². The number of hydrogen-bond acceptors (Lipinski definition) is 2. The Kier molecular flexibility index (Phi) is 4.29. The minimum Gasteiger partial charge on any atom is -0.480 e.